The number of carbonyl (C=O) groups is 1. The molecule has 0 radical (unpaired) electrons. The van der Waals surface area contributed by atoms with E-state index in [1.165, 1.54) is 12.0 Å². The summed E-state index contributed by atoms with van der Waals surface area (Å²) in [4.78, 5) is 20.2. The summed E-state index contributed by atoms with van der Waals surface area (Å²) in [7, 11) is 0. The molecule has 0 heterocycles. The van der Waals surface area contributed by atoms with Gasteiger partial charge in [-0.25, -0.2) is 0 Å². The van der Waals surface area contributed by atoms with Crippen molar-refractivity contribution in [1.82, 2.24) is 0 Å². The molecule has 1 aliphatic carbocycles. The average Bonchev–Trinajstić information content (AvgIpc) is 2.52. The second-order valence-corrected chi connectivity index (χ2v) is 2.74. The molecule has 1 rings (SSSR count). The van der Waals surface area contributed by atoms with Gasteiger partial charge in [0.05, 0.1) is 0 Å². The second kappa shape index (κ2) is 4.01. The third kappa shape index (κ3) is 2.62. The van der Waals surface area contributed by atoms with Crippen LogP contribution in [0.1, 0.15) is 32.1 Å². The van der Waals surface area contributed by atoms with E-state index in [1.807, 2.05) is 0 Å². The van der Waals surface area contributed by atoms with Gasteiger partial charge >= 0.3 is 0 Å². The molecule has 0 aromatic rings. The van der Waals surface area contributed by atoms with Gasteiger partial charge in [0.2, 0.25) is 0 Å². The molecule has 0 N–H and O–H groups in total. The number of amides is 1. The van der Waals surface area contributed by atoms with E-state index in [9.17, 15) is 9.70 Å². The smallest absolute Gasteiger partial charge is 0.269 e. The van der Waals surface area contributed by atoms with E-state index in [0.29, 0.717) is 0 Å². The number of nitroso groups, excluding NO2 is 1. The topological polar surface area (TPSA) is 46.5 Å². The van der Waals surface area contributed by atoms with Gasteiger partial charge in [0, 0.05) is 11.6 Å². The fourth-order valence-corrected chi connectivity index (χ4v) is 1.28. The fraction of sp³-hybridized carbons (Fsp3) is 0.625. The van der Waals surface area contributed by atoms with Crippen molar-refractivity contribution in [2.24, 2.45) is 5.18 Å². The number of carbonyl (C=O) groups excluding carboxylic acids is 1. The van der Waals surface area contributed by atoms with Gasteiger partial charge in [-0.15, -0.1) is 4.91 Å². The number of allylic oxidation sites excluding steroid dienone is 2. The van der Waals surface area contributed by atoms with Crippen molar-refractivity contribution in [3.63, 3.8) is 0 Å². The Morgan fingerprint density at radius 1 is 1.64 bits per heavy atom. The largest absolute Gasteiger partial charge is 0.286 e. The first-order chi connectivity index (χ1) is 5.33. The Morgan fingerprint density at radius 2 is 2.45 bits per heavy atom. The normalized spacial score (nSPS) is 16.2. The van der Waals surface area contributed by atoms with Crippen LogP contribution in [0.3, 0.4) is 0 Å². The van der Waals surface area contributed by atoms with E-state index in [0.717, 1.165) is 19.3 Å². The minimum Gasteiger partial charge on any atom is -0.269 e. The van der Waals surface area contributed by atoms with Crippen LogP contribution in [0.5, 0.6) is 0 Å². The highest BCUT2D eigenvalue weighted by atomic mass is 16.3. The molecule has 1 aliphatic rings. The molecule has 3 nitrogen and oxygen atoms in total. The van der Waals surface area contributed by atoms with Gasteiger partial charge < -0.3 is 0 Å². The summed E-state index contributed by atoms with van der Waals surface area (Å²) in [5, 5.41) is 2.33. The maximum atomic E-state index is 10.5. The lowest BCUT2D eigenvalue weighted by Gasteiger charge is -1.95. The van der Waals surface area contributed by atoms with E-state index in [-0.39, 0.29) is 6.42 Å². The van der Waals surface area contributed by atoms with E-state index in [4.69, 9.17) is 0 Å². The fourth-order valence-electron chi connectivity index (χ4n) is 1.28. The van der Waals surface area contributed by atoms with Crippen LogP contribution in [0, 0.1) is 4.91 Å². The molecule has 0 aromatic heterocycles. The van der Waals surface area contributed by atoms with Crippen molar-refractivity contribution < 1.29 is 4.79 Å². The summed E-state index contributed by atoms with van der Waals surface area (Å²) in [6.07, 6.45) is 6.57. The lowest BCUT2D eigenvalue weighted by Crippen LogP contribution is -1.91. The van der Waals surface area contributed by atoms with Gasteiger partial charge in [0.15, 0.2) is 0 Å². The highest BCUT2D eigenvalue weighted by Gasteiger charge is 2.07. The van der Waals surface area contributed by atoms with Crippen molar-refractivity contribution in [2.75, 3.05) is 0 Å². The van der Waals surface area contributed by atoms with Crippen molar-refractivity contribution in [1.29, 1.82) is 0 Å². The van der Waals surface area contributed by atoms with Crippen LogP contribution in [0.15, 0.2) is 16.8 Å². The molecule has 3 heteroatoms. The summed E-state index contributed by atoms with van der Waals surface area (Å²) in [5.74, 6) is -0.530. The molecule has 0 atom stereocenters. The molecule has 11 heavy (non-hydrogen) atoms. The Hall–Kier alpha value is -0.990. The van der Waals surface area contributed by atoms with Crippen molar-refractivity contribution >= 4 is 5.91 Å². The summed E-state index contributed by atoms with van der Waals surface area (Å²) >= 11 is 0. The minimum absolute atomic E-state index is 0.287. The molecule has 0 spiro atoms. The molecule has 0 aromatic carbocycles. The van der Waals surface area contributed by atoms with Crippen molar-refractivity contribution in [3.8, 4) is 0 Å². The first-order valence-electron chi connectivity index (χ1n) is 3.87. The van der Waals surface area contributed by atoms with Crippen LogP contribution < -0.4 is 0 Å². The van der Waals surface area contributed by atoms with Crippen LogP contribution in [0.4, 0.5) is 0 Å². The van der Waals surface area contributed by atoms with E-state index >= 15 is 0 Å². The maximum Gasteiger partial charge on any atom is 0.286 e. The quantitative estimate of drug-likeness (QED) is 0.460. The van der Waals surface area contributed by atoms with Gasteiger partial charge in [-0.3, -0.25) is 4.79 Å². The molecule has 0 fully saturated rings. The Bertz CT molecular complexity index is 196. The number of hydrogen-bond acceptors (Lipinski definition) is 2. The van der Waals surface area contributed by atoms with E-state index in [2.05, 4.69) is 11.3 Å². The van der Waals surface area contributed by atoms with Crippen LogP contribution in [0.2, 0.25) is 0 Å². The average molecular weight is 153 g/mol. The first-order valence-corrected chi connectivity index (χ1v) is 3.87. The summed E-state index contributed by atoms with van der Waals surface area (Å²) in [6.45, 7) is 0. The van der Waals surface area contributed by atoms with Crippen LogP contribution >= 0.6 is 0 Å². The van der Waals surface area contributed by atoms with Crippen LogP contribution in [-0.2, 0) is 4.79 Å². The predicted octanol–water partition coefficient (Wildman–Crippen LogP) is 2.17. The summed E-state index contributed by atoms with van der Waals surface area (Å²) in [5.41, 5.74) is 1.31. The molecule has 0 saturated carbocycles. The number of hydrogen-bond donors (Lipinski definition) is 0. The Balaban J connectivity index is 2.21. The van der Waals surface area contributed by atoms with Gasteiger partial charge in [-0.05, 0) is 25.7 Å². The molecule has 0 unspecified atom stereocenters. The number of rotatable bonds is 3. The molecule has 0 bridgehead atoms. The Morgan fingerprint density at radius 3 is 3.00 bits per heavy atom. The van der Waals surface area contributed by atoms with Gasteiger partial charge in [0.25, 0.3) is 5.91 Å². The molecule has 0 saturated heterocycles. The zero-order valence-corrected chi connectivity index (χ0v) is 6.38. The monoisotopic (exact) mass is 153 g/mol. The van der Waals surface area contributed by atoms with Crippen LogP contribution in [0.25, 0.3) is 0 Å². The second-order valence-electron chi connectivity index (χ2n) is 2.74. The minimum atomic E-state index is -0.530. The van der Waals surface area contributed by atoms with Gasteiger partial charge in [0.1, 0.15) is 0 Å². The third-order valence-electron chi connectivity index (χ3n) is 1.90. The SMILES string of the molecule is O=NC(=O)CCC1=CCCC1. The lowest BCUT2D eigenvalue weighted by molar-refractivity contribution is -0.117. The first kappa shape index (κ1) is 8.11. The molecule has 0 aliphatic heterocycles. The maximum absolute atomic E-state index is 10.5. The molecular formula is C8H11NO2. The van der Waals surface area contributed by atoms with E-state index in [1.54, 1.807) is 0 Å². The Kier molecular flexibility index (Phi) is 2.95. The molecular weight excluding hydrogens is 142 g/mol. The third-order valence-corrected chi connectivity index (χ3v) is 1.90. The zero-order chi connectivity index (χ0) is 8.10. The van der Waals surface area contributed by atoms with Gasteiger partial charge in [-0.1, -0.05) is 11.6 Å². The Labute approximate surface area is 65.5 Å². The van der Waals surface area contributed by atoms with Crippen LogP contribution in [-0.4, -0.2) is 5.91 Å². The predicted molar refractivity (Wildman–Crippen MR) is 42.0 cm³/mol. The number of nitrogens with zero attached hydrogens (tertiary/aromatic N) is 1. The highest BCUT2D eigenvalue weighted by molar-refractivity contribution is 5.76. The van der Waals surface area contributed by atoms with E-state index < -0.39 is 5.91 Å². The lowest BCUT2D eigenvalue weighted by atomic mass is 10.1. The summed E-state index contributed by atoms with van der Waals surface area (Å²) < 4.78 is 0. The summed E-state index contributed by atoms with van der Waals surface area (Å²) in [6, 6.07) is 0. The zero-order valence-electron chi connectivity index (χ0n) is 6.38. The molecule has 1 amide bonds. The van der Waals surface area contributed by atoms with Crippen molar-refractivity contribution in [2.45, 2.75) is 32.1 Å². The van der Waals surface area contributed by atoms with Crippen molar-refractivity contribution in [3.05, 3.63) is 16.6 Å². The van der Waals surface area contributed by atoms with Gasteiger partial charge in [-0.2, -0.15) is 0 Å². The standard InChI is InChI=1S/C8H11NO2/c10-8(9-11)6-5-7-3-1-2-4-7/h3H,1-2,4-6H2. The highest BCUT2D eigenvalue weighted by Crippen LogP contribution is 2.21. The molecule has 60 valence electrons.